The Morgan fingerprint density at radius 3 is 2.84 bits per heavy atom. The summed E-state index contributed by atoms with van der Waals surface area (Å²) in [6.45, 7) is 2.23. The highest BCUT2D eigenvalue weighted by molar-refractivity contribution is 5.92. The quantitative estimate of drug-likeness (QED) is 0.804. The van der Waals surface area contributed by atoms with E-state index in [9.17, 15) is 4.79 Å². The van der Waals surface area contributed by atoms with E-state index in [4.69, 9.17) is 10.5 Å². The van der Waals surface area contributed by atoms with Crippen LogP contribution in [0.1, 0.15) is 12.8 Å². The van der Waals surface area contributed by atoms with E-state index in [0.717, 1.165) is 31.6 Å². The highest BCUT2D eigenvalue weighted by Crippen LogP contribution is 2.14. The number of piperidine rings is 1. The van der Waals surface area contributed by atoms with Crippen LogP contribution in [0, 0.1) is 0 Å². The van der Waals surface area contributed by atoms with Gasteiger partial charge in [-0.3, -0.25) is 9.69 Å². The van der Waals surface area contributed by atoms with Crippen LogP contribution in [0.4, 0.5) is 11.4 Å². The summed E-state index contributed by atoms with van der Waals surface area (Å²) in [6.07, 6.45) is 2.32. The Morgan fingerprint density at radius 1 is 1.47 bits per heavy atom. The average molecular weight is 263 g/mol. The topological polar surface area (TPSA) is 67.6 Å². The van der Waals surface area contributed by atoms with E-state index in [1.165, 1.54) is 0 Å². The molecule has 1 fully saturated rings. The number of methoxy groups -OCH3 is 1. The molecule has 0 spiro atoms. The average Bonchev–Trinajstić information content (AvgIpc) is 2.39. The highest BCUT2D eigenvalue weighted by Gasteiger charge is 2.20. The van der Waals surface area contributed by atoms with Crippen LogP contribution >= 0.6 is 0 Å². The fraction of sp³-hybridized carbons (Fsp3) is 0.500. The second-order valence-corrected chi connectivity index (χ2v) is 4.88. The molecular weight excluding hydrogens is 242 g/mol. The third-order valence-corrected chi connectivity index (χ3v) is 3.41. The molecule has 0 aromatic heterocycles. The van der Waals surface area contributed by atoms with Crippen molar-refractivity contribution in [3.8, 4) is 0 Å². The second kappa shape index (κ2) is 6.54. The van der Waals surface area contributed by atoms with Gasteiger partial charge in [-0.05, 0) is 31.0 Å². The molecule has 2 rings (SSSR count). The van der Waals surface area contributed by atoms with E-state index in [1.807, 2.05) is 12.1 Å². The summed E-state index contributed by atoms with van der Waals surface area (Å²) in [7, 11) is 1.74. The number of likely N-dealkylation sites (tertiary alicyclic amines) is 1. The molecule has 5 heteroatoms. The third kappa shape index (κ3) is 4.22. The van der Waals surface area contributed by atoms with Crippen LogP contribution in [0.3, 0.4) is 0 Å². The number of hydrogen-bond acceptors (Lipinski definition) is 4. The van der Waals surface area contributed by atoms with E-state index in [0.29, 0.717) is 18.3 Å². The van der Waals surface area contributed by atoms with Gasteiger partial charge in [0.2, 0.25) is 5.91 Å². The minimum absolute atomic E-state index is 0.00136. The van der Waals surface area contributed by atoms with Gasteiger partial charge in [0, 0.05) is 31.6 Å². The van der Waals surface area contributed by atoms with Gasteiger partial charge in [0.05, 0.1) is 12.6 Å². The SMILES string of the molecule is COC1CCN(CC(=O)Nc2cccc(N)c2)CC1. The van der Waals surface area contributed by atoms with Crippen LogP contribution in [-0.2, 0) is 9.53 Å². The first-order valence-corrected chi connectivity index (χ1v) is 6.58. The van der Waals surface area contributed by atoms with Crippen molar-refractivity contribution in [3.05, 3.63) is 24.3 Å². The van der Waals surface area contributed by atoms with E-state index in [-0.39, 0.29) is 5.91 Å². The first kappa shape index (κ1) is 13.8. The largest absolute Gasteiger partial charge is 0.399 e. The van der Waals surface area contributed by atoms with Crippen molar-refractivity contribution >= 4 is 17.3 Å². The number of carbonyl (C=O) groups excluding carboxylic acids is 1. The summed E-state index contributed by atoms with van der Waals surface area (Å²) < 4.78 is 5.31. The number of nitrogens with two attached hydrogens (primary N) is 1. The zero-order valence-electron chi connectivity index (χ0n) is 11.3. The molecule has 1 amide bonds. The number of hydrogen-bond donors (Lipinski definition) is 2. The minimum Gasteiger partial charge on any atom is -0.399 e. The van der Waals surface area contributed by atoms with Gasteiger partial charge < -0.3 is 15.8 Å². The summed E-state index contributed by atoms with van der Waals surface area (Å²) in [5.41, 5.74) is 7.07. The standard InChI is InChI=1S/C14H21N3O2/c1-19-13-5-7-17(8-6-13)10-14(18)16-12-4-2-3-11(15)9-12/h2-4,9,13H,5-8,10,15H2,1H3,(H,16,18). The van der Waals surface area contributed by atoms with E-state index in [1.54, 1.807) is 19.2 Å². The van der Waals surface area contributed by atoms with Crippen molar-refractivity contribution in [2.75, 3.05) is 37.8 Å². The van der Waals surface area contributed by atoms with Crippen molar-refractivity contribution in [2.45, 2.75) is 18.9 Å². The number of nitrogens with zero attached hydrogens (tertiary/aromatic N) is 1. The zero-order chi connectivity index (χ0) is 13.7. The van der Waals surface area contributed by atoms with Gasteiger partial charge in [0.15, 0.2) is 0 Å². The number of anilines is 2. The molecule has 3 N–H and O–H groups in total. The van der Waals surface area contributed by atoms with Crippen LogP contribution < -0.4 is 11.1 Å². The molecule has 0 unspecified atom stereocenters. The lowest BCUT2D eigenvalue weighted by atomic mass is 10.1. The molecule has 104 valence electrons. The van der Waals surface area contributed by atoms with Gasteiger partial charge in [-0.25, -0.2) is 0 Å². The van der Waals surface area contributed by atoms with Crippen LogP contribution in [0.15, 0.2) is 24.3 Å². The Morgan fingerprint density at radius 2 is 2.21 bits per heavy atom. The molecule has 0 aliphatic carbocycles. The summed E-state index contributed by atoms with van der Waals surface area (Å²) in [5.74, 6) is 0.00136. The summed E-state index contributed by atoms with van der Waals surface area (Å²) in [4.78, 5) is 14.1. The number of rotatable bonds is 4. The molecule has 19 heavy (non-hydrogen) atoms. The minimum atomic E-state index is 0.00136. The maximum atomic E-state index is 11.9. The molecule has 0 radical (unpaired) electrons. The Kier molecular flexibility index (Phi) is 4.76. The summed E-state index contributed by atoms with van der Waals surface area (Å²) in [5, 5.41) is 2.86. The summed E-state index contributed by atoms with van der Waals surface area (Å²) in [6, 6.07) is 7.22. The Bertz CT molecular complexity index is 428. The normalized spacial score (nSPS) is 17.3. The zero-order valence-corrected chi connectivity index (χ0v) is 11.3. The Hall–Kier alpha value is -1.59. The fourth-order valence-corrected chi connectivity index (χ4v) is 2.32. The fourth-order valence-electron chi connectivity index (χ4n) is 2.32. The van der Waals surface area contributed by atoms with Crippen molar-refractivity contribution in [2.24, 2.45) is 0 Å². The predicted molar refractivity (Wildman–Crippen MR) is 76.0 cm³/mol. The third-order valence-electron chi connectivity index (χ3n) is 3.41. The predicted octanol–water partition coefficient (Wildman–Crippen LogP) is 1.32. The lowest BCUT2D eigenvalue weighted by Crippen LogP contribution is -2.41. The van der Waals surface area contributed by atoms with Crippen molar-refractivity contribution in [3.63, 3.8) is 0 Å². The van der Waals surface area contributed by atoms with E-state index >= 15 is 0 Å². The molecular formula is C14H21N3O2. The number of nitrogen functional groups attached to an aromatic ring is 1. The second-order valence-electron chi connectivity index (χ2n) is 4.88. The van der Waals surface area contributed by atoms with Crippen molar-refractivity contribution in [1.29, 1.82) is 0 Å². The molecule has 1 heterocycles. The van der Waals surface area contributed by atoms with Crippen LogP contribution in [0.25, 0.3) is 0 Å². The van der Waals surface area contributed by atoms with Crippen LogP contribution in [0.5, 0.6) is 0 Å². The molecule has 0 saturated carbocycles. The molecule has 1 aromatic rings. The van der Waals surface area contributed by atoms with E-state index in [2.05, 4.69) is 10.2 Å². The molecule has 0 bridgehead atoms. The van der Waals surface area contributed by atoms with Gasteiger partial charge in [0.25, 0.3) is 0 Å². The number of amides is 1. The van der Waals surface area contributed by atoms with Gasteiger partial charge in [-0.2, -0.15) is 0 Å². The number of nitrogens with one attached hydrogen (secondary N) is 1. The molecule has 5 nitrogen and oxygen atoms in total. The molecule has 1 aromatic carbocycles. The van der Waals surface area contributed by atoms with Gasteiger partial charge in [-0.15, -0.1) is 0 Å². The van der Waals surface area contributed by atoms with Gasteiger partial charge >= 0.3 is 0 Å². The lowest BCUT2D eigenvalue weighted by Gasteiger charge is -2.30. The number of ether oxygens (including phenoxy) is 1. The van der Waals surface area contributed by atoms with Crippen LogP contribution in [0.2, 0.25) is 0 Å². The Labute approximate surface area is 113 Å². The van der Waals surface area contributed by atoms with E-state index < -0.39 is 0 Å². The monoisotopic (exact) mass is 263 g/mol. The maximum Gasteiger partial charge on any atom is 0.238 e. The van der Waals surface area contributed by atoms with Crippen LogP contribution in [-0.4, -0.2) is 43.7 Å². The molecule has 1 aliphatic heterocycles. The highest BCUT2D eigenvalue weighted by atomic mass is 16.5. The maximum absolute atomic E-state index is 11.9. The molecule has 0 atom stereocenters. The molecule has 1 aliphatic rings. The lowest BCUT2D eigenvalue weighted by molar-refractivity contribution is -0.117. The number of carbonyl (C=O) groups is 1. The van der Waals surface area contributed by atoms with Crippen molar-refractivity contribution in [1.82, 2.24) is 4.90 Å². The molecule has 1 saturated heterocycles. The number of benzene rings is 1. The Balaban J connectivity index is 1.79. The van der Waals surface area contributed by atoms with Crippen molar-refractivity contribution < 1.29 is 9.53 Å². The summed E-state index contributed by atoms with van der Waals surface area (Å²) >= 11 is 0. The first-order chi connectivity index (χ1) is 9.17. The first-order valence-electron chi connectivity index (χ1n) is 6.58. The van der Waals surface area contributed by atoms with Gasteiger partial charge in [-0.1, -0.05) is 6.07 Å². The smallest absolute Gasteiger partial charge is 0.238 e. The van der Waals surface area contributed by atoms with Gasteiger partial charge in [0.1, 0.15) is 0 Å².